The monoisotopic (exact) mass is 249 g/mol. The molecule has 0 fully saturated rings. The molecule has 0 saturated carbocycles. The lowest BCUT2D eigenvalue weighted by molar-refractivity contribution is 0.0653. The summed E-state index contributed by atoms with van der Waals surface area (Å²) in [5.41, 5.74) is 1.52. The minimum Gasteiger partial charge on any atom is -0.475 e. The number of nitrogens with zero attached hydrogens (tertiary/aromatic N) is 3. The number of fused-ring (bicyclic) bond motifs is 1. The van der Waals surface area contributed by atoms with E-state index in [1.54, 1.807) is 13.1 Å². The van der Waals surface area contributed by atoms with Crippen molar-refractivity contribution in [2.45, 2.75) is 6.92 Å². The van der Waals surface area contributed by atoms with Gasteiger partial charge in [-0.2, -0.15) is 0 Å². The van der Waals surface area contributed by atoms with Crippen LogP contribution in [0.4, 0.5) is 0 Å². The van der Waals surface area contributed by atoms with E-state index >= 15 is 0 Å². The standard InChI is InChI=1S/C10H7N3O3S/c1-5-7(8(9(14)15)16-12-5)6-4-13-2-3-17-10(13)11-6/h2-4H,1H3,(H,14,15). The molecule has 3 heterocycles. The number of aryl methyl sites for hydroxylation is 1. The normalized spacial score (nSPS) is 11.1. The lowest BCUT2D eigenvalue weighted by Crippen LogP contribution is -1.96. The Labute approximate surface area is 99.1 Å². The molecule has 6 nitrogen and oxygen atoms in total. The average Bonchev–Trinajstić information content (AvgIpc) is 2.88. The summed E-state index contributed by atoms with van der Waals surface area (Å²) in [6, 6.07) is 0. The van der Waals surface area contributed by atoms with Gasteiger partial charge < -0.3 is 9.63 Å². The fourth-order valence-electron chi connectivity index (χ4n) is 1.67. The van der Waals surface area contributed by atoms with E-state index in [1.807, 2.05) is 16.0 Å². The van der Waals surface area contributed by atoms with Crippen LogP contribution in [0, 0.1) is 6.92 Å². The molecule has 0 saturated heterocycles. The summed E-state index contributed by atoms with van der Waals surface area (Å²) in [6.45, 7) is 1.69. The first-order valence-corrected chi connectivity index (χ1v) is 5.67. The van der Waals surface area contributed by atoms with Crippen molar-refractivity contribution in [2.75, 3.05) is 0 Å². The number of rotatable bonds is 2. The van der Waals surface area contributed by atoms with E-state index in [-0.39, 0.29) is 5.76 Å². The smallest absolute Gasteiger partial charge is 0.375 e. The second-order valence-corrected chi connectivity index (χ2v) is 4.37. The Balaban J connectivity index is 2.24. The molecule has 0 spiro atoms. The highest BCUT2D eigenvalue weighted by atomic mass is 32.1. The van der Waals surface area contributed by atoms with Gasteiger partial charge in [-0.15, -0.1) is 11.3 Å². The van der Waals surface area contributed by atoms with E-state index in [0.717, 1.165) is 4.96 Å². The SMILES string of the molecule is Cc1noc(C(=O)O)c1-c1cn2ccsc2n1. The number of carboxylic acids is 1. The molecule has 0 aromatic carbocycles. The predicted molar refractivity (Wildman–Crippen MR) is 60.3 cm³/mol. The number of aromatic carboxylic acids is 1. The summed E-state index contributed by atoms with van der Waals surface area (Å²) in [4.78, 5) is 16.1. The van der Waals surface area contributed by atoms with Gasteiger partial charge in [-0.25, -0.2) is 9.78 Å². The Morgan fingerprint density at radius 3 is 3.12 bits per heavy atom. The maximum absolute atomic E-state index is 11.0. The van der Waals surface area contributed by atoms with Gasteiger partial charge in [0.05, 0.1) is 17.0 Å². The average molecular weight is 249 g/mol. The molecule has 86 valence electrons. The van der Waals surface area contributed by atoms with Gasteiger partial charge in [-0.05, 0) is 6.92 Å². The van der Waals surface area contributed by atoms with Crippen LogP contribution < -0.4 is 0 Å². The van der Waals surface area contributed by atoms with Gasteiger partial charge in [0, 0.05) is 17.8 Å². The number of aromatic nitrogens is 3. The Kier molecular flexibility index (Phi) is 2.02. The molecule has 0 atom stereocenters. The Morgan fingerprint density at radius 1 is 1.59 bits per heavy atom. The van der Waals surface area contributed by atoms with Crippen LogP contribution in [0.3, 0.4) is 0 Å². The molecule has 0 aliphatic heterocycles. The van der Waals surface area contributed by atoms with E-state index in [1.165, 1.54) is 11.3 Å². The predicted octanol–water partition coefficient (Wildman–Crippen LogP) is 2.06. The van der Waals surface area contributed by atoms with Crippen molar-refractivity contribution in [3.63, 3.8) is 0 Å². The van der Waals surface area contributed by atoms with Crippen LogP contribution in [0.1, 0.15) is 16.2 Å². The highest BCUT2D eigenvalue weighted by Crippen LogP contribution is 2.27. The summed E-state index contributed by atoms with van der Waals surface area (Å²) in [5.74, 6) is -1.31. The Hall–Kier alpha value is -2.15. The quantitative estimate of drug-likeness (QED) is 0.751. The van der Waals surface area contributed by atoms with Crippen LogP contribution >= 0.6 is 11.3 Å². The van der Waals surface area contributed by atoms with Gasteiger partial charge in [-0.3, -0.25) is 4.40 Å². The van der Waals surface area contributed by atoms with Crippen LogP contribution in [0.2, 0.25) is 0 Å². The molecule has 0 radical (unpaired) electrons. The molecule has 0 unspecified atom stereocenters. The van der Waals surface area contributed by atoms with Crippen LogP contribution in [-0.2, 0) is 0 Å². The van der Waals surface area contributed by atoms with Crippen LogP contribution in [0.15, 0.2) is 22.3 Å². The molecule has 3 aromatic heterocycles. The highest BCUT2D eigenvalue weighted by molar-refractivity contribution is 7.15. The van der Waals surface area contributed by atoms with E-state index < -0.39 is 5.97 Å². The largest absolute Gasteiger partial charge is 0.475 e. The molecule has 3 rings (SSSR count). The zero-order chi connectivity index (χ0) is 12.0. The summed E-state index contributed by atoms with van der Waals surface area (Å²) < 4.78 is 6.62. The summed E-state index contributed by atoms with van der Waals surface area (Å²) in [5, 5.41) is 14.6. The van der Waals surface area contributed by atoms with Crippen molar-refractivity contribution in [1.82, 2.24) is 14.5 Å². The number of hydrogen-bond donors (Lipinski definition) is 1. The van der Waals surface area contributed by atoms with Crippen molar-refractivity contribution in [3.8, 4) is 11.3 Å². The first kappa shape index (κ1) is 10.0. The second kappa shape index (κ2) is 3.42. The first-order valence-electron chi connectivity index (χ1n) is 4.79. The molecule has 17 heavy (non-hydrogen) atoms. The van der Waals surface area contributed by atoms with Gasteiger partial charge >= 0.3 is 5.97 Å². The Bertz CT molecular complexity index is 681. The van der Waals surface area contributed by atoms with Crippen molar-refractivity contribution < 1.29 is 14.4 Å². The van der Waals surface area contributed by atoms with E-state index in [9.17, 15) is 4.79 Å². The van der Waals surface area contributed by atoms with Crippen LogP contribution in [0.5, 0.6) is 0 Å². The van der Waals surface area contributed by atoms with E-state index in [4.69, 9.17) is 9.63 Å². The highest BCUT2D eigenvalue weighted by Gasteiger charge is 2.23. The Morgan fingerprint density at radius 2 is 2.41 bits per heavy atom. The fraction of sp³-hybridized carbons (Fsp3) is 0.100. The fourth-order valence-corrected chi connectivity index (χ4v) is 2.37. The zero-order valence-electron chi connectivity index (χ0n) is 8.75. The molecule has 0 amide bonds. The summed E-state index contributed by atoms with van der Waals surface area (Å²) in [6.07, 6.45) is 3.62. The maximum atomic E-state index is 11.0. The minimum absolute atomic E-state index is 0.173. The lowest BCUT2D eigenvalue weighted by atomic mass is 10.1. The number of carbonyl (C=O) groups is 1. The molecular weight excluding hydrogens is 242 g/mol. The van der Waals surface area contributed by atoms with Gasteiger partial charge in [0.15, 0.2) is 4.96 Å². The molecular formula is C10H7N3O3S. The molecule has 0 aliphatic carbocycles. The molecule has 7 heteroatoms. The summed E-state index contributed by atoms with van der Waals surface area (Å²) >= 11 is 1.48. The lowest BCUT2D eigenvalue weighted by Gasteiger charge is -1.92. The van der Waals surface area contributed by atoms with Crippen molar-refractivity contribution in [1.29, 1.82) is 0 Å². The third-order valence-electron chi connectivity index (χ3n) is 2.41. The van der Waals surface area contributed by atoms with Crippen LogP contribution in [-0.4, -0.2) is 25.6 Å². The van der Waals surface area contributed by atoms with Gasteiger partial charge in [0.25, 0.3) is 5.76 Å². The number of hydrogen-bond acceptors (Lipinski definition) is 5. The maximum Gasteiger partial charge on any atom is 0.375 e. The van der Waals surface area contributed by atoms with Crippen molar-refractivity contribution in [3.05, 3.63) is 29.2 Å². The number of carboxylic acid groups (broad SMARTS) is 1. The van der Waals surface area contributed by atoms with Gasteiger partial charge in [0.2, 0.25) is 0 Å². The number of thiazole rings is 1. The van der Waals surface area contributed by atoms with Crippen LogP contribution in [0.25, 0.3) is 16.2 Å². The molecule has 0 aliphatic rings. The third kappa shape index (κ3) is 1.43. The van der Waals surface area contributed by atoms with Crippen molar-refractivity contribution >= 4 is 22.3 Å². The minimum atomic E-state index is -1.14. The molecule has 3 aromatic rings. The second-order valence-electron chi connectivity index (χ2n) is 3.50. The topological polar surface area (TPSA) is 80.6 Å². The zero-order valence-corrected chi connectivity index (χ0v) is 9.56. The summed E-state index contributed by atoms with van der Waals surface area (Å²) in [7, 11) is 0. The van der Waals surface area contributed by atoms with Gasteiger partial charge in [-0.1, -0.05) is 5.16 Å². The molecule has 0 bridgehead atoms. The van der Waals surface area contributed by atoms with Gasteiger partial charge in [0.1, 0.15) is 0 Å². The number of imidazole rings is 1. The first-order chi connectivity index (χ1) is 8.16. The third-order valence-corrected chi connectivity index (χ3v) is 3.18. The van der Waals surface area contributed by atoms with E-state index in [0.29, 0.717) is 17.0 Å². The molecule has 1 N–H and O–H groups in total. The van der Waals surface area contributed by atoms with E-state index in [2.05, 4.69) is 10.1 Å². The van der Waals surface area contributed by atoms with Crippen molar-refractivity contribution in [2.24, 2.45) is 0 Å².